The van der Waals surface area contributed by atoms with Crippen molar-refractivity contribution in [1.82, 2.24) is 5.32 Å². The van der Waals surface area contributed by atoms with E-state index < -0.39 is 0 Å². The minimum atomic E-state index is 0.441. The second-order valence-electron chi connectivity index (χ2n) is 4.86. The molecule has 1 aliphatic rings. The van der Waals surface area contributed by atoms with Crippen LogP contribution in [0.15, 0.2) is 65.6 Å². The highest BCUT2D eigenvalue weighted by molar-refractivity contribution is 5.87. The number of benzene rings is 1. The molecule has 1 aliphatic heterocycles. The van der Waals surface area contributed by atoms with Crippen LogP contribution in [0.3, 0.4) is 0 Å². The number of rotatable bonds is 3. The Kier molecular flexibility index (Phi) is 3.89. The smallest absolute Gasteiger partial charge is 0.130 e. The first-order valence-corrected chi connectivity index (χ1v) is 6.41. The highest BCUT2D eigenvalue weighted by Crippen LogP contribution is 2.19. The van der Waals surface area contributed by atoms with Gasteiger partial charge in [-0.2, -0.15) is 0 Å². The average Bonchev–Trinajstić information content (AvgIpc) is 2.42. The van der Waals surface area contributed by atoms with Gasteiger partial charge < -0.3 is 11.1 Å². The lowest BCUT2D eigenvalue weighted by molar-refractivity contribution is 1.03. The Balaban J connectivity index is 2.25. The SMILES string of the molecule is C=C(N)C(=C)/C=C1/N=CC=C(c2ccc(C)c(C)c2)N1. The van der Waals surface area contributed by atoms with Gasteiger partial charge in [0, 0.05) is 17.6 Å². The zero-order valence-electron chi connectivity index (χ0n) is 11.9. The van der Waals surface area contributed by atoms with Crippen molar-refractivity contribution < 1.29 is 0 Å². The minimum Gasteiger partial charge on any atom is -0.399 e. The number of hydrogen-bond donors (Lipinski definition) is 2. The highest BCUT2D eigenvalue weighted by Gasteiger charge is 2.08. The first-order chi connectivity index (χ1) is 9.47. The normalized spacial score (nSPS) is 15.7. The van der Waals surface area contributed by atoms with Crippen molar-refractivity contribution in [3.63, 3.8) is 0 Å². The van der Waals surface area contributed by atoms with E-state index in [-0.39, 0.29) is 0 Å². The molecular formula is C17H19N3. The third kappa shape index (κ3) is 3.06. The first-order valence-electron chi connectivity index (χ1n) is 6.41. The quantitative estimate of drug-likeness (QED) is 0.825. The second-order valence-corrected chi connectivity index (χ2v) is 4.86. The number of allylic oxidation sites excluding steroid dienone is 2. The maximum Gasteiger partial charge on any atom is 0.130 e. The molecule has 0 atom stereocenters. The van der Waals surface area contributed by atoms with Crippen molar-refractivity contribution >= 4 is 11.9 Å². The molecular weight excluding hydrogens is 246 g/mol. The molecule has 1 aromatic rings. The van der Waals surface area contributed by atoms with Gasteiger partial charge in [-0.25, -0.2) is 4.99 Å². The van der Waals surface area contributed by atoms with Gasteiger partial charge in [-0.3, -0.25) is 0 Å². The van der Waals surface area contributed by atoms with E-state index in [1.807, 2.05) is 6.08 Å². The van der Waals surface area contributed by atoms with Crippen LogP contribution in [0.4, 0.5) is 0 Å². The van der Waals surface area contributed by atoms with Crippen LogP contribution in [0, 0.1) is 13.8 Å². The molecule has 0 unspecified atom stereocenters. The molecule has 1 heterocycles. The molecule has 0 radical (unpaired) electrons. The van der Waals surface area contributed by atoms with Crippen LogP contribution in [-0.4, -0.2) is 6.21 Å². The number of aliphatic imine (C=N–C) groups is 1. The molecule has 2 rings (SSSR count). The van der Waals surface area contributed by atoms with Crippen molar-refractivity contribution in [3.05, 3.63) is 77.3 Å². The molecule has 102 valence electrons. The summed E-state index contributed by atoms with van der Waals surface area (Å²) in [6.45, 7) is 11.7. The number of aryl methyl sites for hydroxylation is 2. The van der Waals surface area contributed by atoms with Gasteiger partial charge in [0.05, 0.1) is 0 Å². The zero-order chi connectivity index (χ0) is 14.7. The molecule has 0 aromatic heterocycles. The van der Waals surface area contributed by atoms with Gasteiger partial charge in [-0.05, 0) is 54.3 Å². The fraction of sp³-hybridized carbons (Fsp3) is 0.118. The molecule has 3 N–H and O–H groups in total. The monoisotopic (exact) mass is 265 g/mol. The summed E-state index contributed by atoms with van der Waals surface area (Å²) < 4.78 is 0. The Morgan fingerprint density at radius 3 is 2.65 bits per heavy atom. The number of nitrogens with one attached hydrogen (secondary N) is 1. The molecule has 3 nitrogen and oxygen atoms in total. The summed E-state index contributed by atoms with van der Waals surface area (Å²) >= 11 is 0. The topological polar surface area (TPSA) is 50.4 Å². The number of nitrogens with two attached hydrogens (primary N) is 1. The van der Waals surface area contributed by atoms with E-state index in [1.165, 1.54) is 11.1 Å². The van der Waals surface area contributed by atoms with Gasteiger partial charge in [-0.1, -0.05) is 25.3 Å². The van der Waals surface area contributed by atoms with E-state index in [4.69, 9.17) is 5.73 Å². The summed E-state index contributed by atoms with van der Waals surface area (Å²) in [5.41, 5.74) is 11.4. The molecule has 0 saturated carbocycles. The molecule has 20 heavy (non-hydrogen) atoms. The lowest BCUT2D eigenvalue weighted by Crippen LogP contribution is -2.15. The van der Waals surface area contributed by atoms with Crippen LogP contribution < -0.4 is 11.1 Å². The lowest BCUT2D eigenvalue weighted by atomic mass is 10.0. The number of nitrogens with zero attached hydrogens (tertiary/aromatic N) is 1. The van der Waals surface area contributed by atoms with Gasteiger partial charge in [0.2, 0.25) is 0 Å². The molecule has 0 amide bonds. The predicted octanol–water partition coefficient (Wildman–Crippen LogP) is 3.19. The molecule has 0 bridgehead atoms. The standard InChI is InChI=1S/C17H19N3/c1-11-5-6-15(9-12(11)2)16-7-8-19-17(20-16)10-13(3)14(4)18/h5-10,20H,3-4,18H2,1-2H3/b17-10-. The Bertz CT molecular complexity index is 661. The fourth-order valence-electron chi connectivity index (χ4n) is 1.81. The highest BCUT2D eigenvalue weighted by atomic mass is 15.1. The molecule has 0 aliphatic carbocycles. The van der Waals surface area contributed by atoms with Gasteiger partial charge in [0.25, 0.3) is 0 Å². The van der Waals surface area contributed by atoms with Crippen LogP contribution in [0.25, 0.3) is 5.70 Å². The van der Waals surface area contributed by atoms with Crippen molar-refractivity contribution in [2.45, 2.75) is 13.8 Å². The summed E-state index contributed by atoms with van der Waals surface area (Å²) in [4.78, 5) is 4.26. The van der Waals surface area contributed by atoms with Crippen LogP contribution >= 0.6 is 0 Å². The van der Waals surface area contributed by atoms with Crippen molar-refractivity contribution in [2.24, 2.45) is 10.7 Å². The van der Waals surface area contributed by atoms with Gasteiger partial charge in [0.15, 0.2) is 0 Å². The third-order valence-corrected chi connectivity index (χ3v) is 3.26. The van der Waals surface area contributed by atoms with Crippen molar-refractivity contribution in [2.75, 3.05) is 0 Å². The largest absolute Gasteiger partial charge is 0.399 e. The average molecular weight is 265 g/mol. The zero-order valence-corrected chi connectivity index (χ0v) is 11.9. The Morgan fingerprint density at radius 2 is 2.00 bits per heavy atom. The Morgan fingerprint density at radius 1 is 1.25 bits per heavy atom. The molecule has 1 aromatic carbocycles. The lowest BCUT2D eigenvalue weighted by Gasteiger charge is -2.16. The van der Waals surface area contributed by atoms with E-state index in [9.17, 15) is 0 Å². The third-order valence-electron chi connectivity index (χ3n) is 3.26. The maximum atomic E-state index is 5.60. The summed E-state index contributed by atoms with van der Waals surface area (Å²) in [7, 11) is 0. The summed E-state index contributed by atoms with van der Waals surface area (Å²) in [5.74, 6) is 0.706. The van der Waals surface area contributed by atoms with Crippen molar-refractivity contribution in [3.8, 4) is 0 Å². The van der Waals surface area contributed by atoms with Crippen molar-refractivity contribution in [1.29, 1.82) is 0 Å². The van der Waals surface area contributed by atoms with Gasteiger partial charge >= 0.3 is 0 Å². The molecule has 3 heteroatoms. The summed E-state index contributed by atoms with van der Waals surface area (Å²) in [6.07, 6.45) is 5.49. The Hall–Kier alpha value is -2.55. The Labute approximate surface area is 119 Å². The van der Waals surface area contributed by atoms with Crippen LogP contribution in [0.5, 0.6) is 0 Å². The molecule has 0 saturated heterocycles. The number of hydrogen-bond acceptors (Lipinski definition) is 3. The summed E-state index contributed by atoms with van der Waals surface area (Å²) in [5, 5.41) is 3.27. The fourth-order valence-corrected chi connectivity index (χ4v) is 1.81. The van der Waals surface area contributed by atoms with Gasteiger partial charge in [-0.15, -0.1) is 0 Å². The molecule has 0 spiro atoms. The van der Waals surface area contributed by atoms with E-state index in [0.717, 1.165) is 11.3 Å². The minimum absolute atomic E-state index is 0.441. The van der Waals surface area contributed by atoms with E-state index in [0.29, 0.717) is 17.1 Å². The summed E-state index contributed by atoms with van der Waals surface area (Å²) in [6, 6.07) is 6.36. The second kappa shape index (κ2) is 5.61. The van der Waals surface area contributed by atoms with E-state index in [1.54, 1.807) is 12.3 Å². The predicted molar refractivity (Wildman–Crippen MR) is 86.1 cm³/mol. The van der Waals surface area contributed by atoms with Crippen LogP contribution in [0.1, 0.15) is 16.7 Å². The van der Waals surface area contributed by atoms with E-state index in [2.05, 4.69) is 55.5 Å². The van der Waals surface area contributed by atoms with E-state index >= 15 is 0 Å². The van der Waals surface area contributed by atoms with Crippen LogP contribution in [0.2, 0.25) is 0 Å². The maximum absolute atomic E-state index is 5.60. The van der Waals surface area contributed by atoms with Crippen LogP contribution in [-0.2, 0) is 0 Å². The van der Waals surface area contributed by atoms with Gasteiger partial charge in [0.1, 0.15) is 5.82 Å². The first kappa shape index (κ1) is 13.9. The molecule has 0 fully saturated rings.